The number of anilines is 1. The van der Waals surface area contributed by atoms with E-state index in [0.717, 1.165) is 11.3 Å². The van der Waals surface area contributed by atoms with Crippen molar-refractivity contribution in [2.45, 2.75) is 19.9 Å². The van der Waals surface area contributed by atoms with Crippen molar-refractivity contribution in [2.24, 2.45) is 5.73 Å². The minimum Gasteiger partial charge on any atom is -0.366 e. The van der Waals surface area contributed by atoms with Crippen LogP contribution in [0.25, 0.3) is 0 Å². The highest BCUT2D eigenvalue weighted by molar-refractivity contribution is 5.50. The molecule has 1 unspecified atom stereocenters. The molecule has 0 aromatic heterocycles. The van der Waals surface area contributed by atoms with Crippen LogP contribution >= 0.6 is 0 Å². The molecule has 0 saturated carbocycles. The van der Waals surface area contributed by atoms with Crippen LogP contribution in [0.1, 0.15) is 22.7 Å². The van der Waals surface area contributed by atoms with Crippen molar-refractivity contribution in [1.29, 1.82) is 0 Å². The summed E-state index contributed by atoms with van der Waals surface area (Å²) in [7, 11) is 1.95. The van der Waals surface area contributed by atoms with Gasteiger partial charge in [-0.25, -0.2) is 4.39 Å². The summed E-state index contributed by atoms with van der Waals surface area (Å²) in [5.74, 6) is -0.203. The lowest BCUT2D eigenvalue weighted by Crippen LogP contribution is -2.31. The maximum Gasteiger partial charge on any atom is 0.128 e. The predicted molar refractivity (Wildman–Crippen MR) is 82.5 cm³/mol. The molecule has 20 heavy (non-hydrogen) atoms. The molecule has 0 spiro atoms. The number of nitrogens with two attached hydrogens (primary N) is 1. The van der Waals surface area contributed by atoms with E-state index in [9.17, 15) is 4.39 Å². The summed E-state index contributed by atoms with van der Waals surface area (Å²) < 4.78 is 14.1. The van der Waals surface area contributed by atoms with Gasteiger partial charge in [-0.15, -0.1) is 0 Å². The maximum absolute atomic E-state index is 14.1. The molecule has 0 aliphatic carbocycles. The Bertz CT molecular complexity index is 595. The smallest absolute Gasteiger partial charge is 0.128 e. The second-order valence-corrected chi connectivity index (χ2v) is 5.23. The van der Waals surface area contributed by atoms with Gasteiger partial charge in [-0.3, -0.25) is 0 Å². The summed E-state index contributed by atoms with van der Waals surface area (Å²) >= 11 is 0. The van der Waals surface area contributed by atoms with E-state index < -0.39 is 0 Å². The summed E-state index contributed by atoms with van der Waals surface area (Å²) in [6, 6.07) is 13.1. The monoisotopic (exact) mass is 272 g/mol. The van der Waals surface area contributed by atoms with Gasteiger partial charge in [0.15, 0.2) is 0 Å². The lowest BCUT2D eigenvalue weighted by Gasteiger charge is -2.30. The number of benzene rings is 2. The molecule has 0 amide bonds. The minimum absolute atomic E-state index is 0.170. The van der Waals surface area contributed by atoms with E-state index in [2.05, 4.69) is 6.07 Å². The number of aryl methyl sites for hydroxylation is 2. The molecule has 0 saturated heterocycles. The van der Waals surface area contributed by atoms with Gasteiger partial charge in [-0.2, -0.15) is 0 Å². The van der Waals surface area contributed by atoms with E-state index >= 15 is 0 Å². The molecule has 0 fully saturated rings. The quantitative estimate of drug-likeness (QED) is 0.921. The van der Waals surface area contributed by atoms with Gasteiger partial charge < -0.3 is 10.6 Å². The van der Waals surface area contributed by atoms with E-state index in [0.29, 0.717) is 12.1 Å². The second-order valence-electron chi connectivity index (χ2n) is 5.23. The van der Waals surface area contributed by atoms with Gasteiger partial charge in [0.2, 0.25) is 0 Å². The fourth-order valence-electron chi connectivity index (χ4n) is 2.44. The summed E-state index contributed by atoms with van der Waals surface area (Å²) in [4.78, 5) is 2.03. The highest BCUT2D eigenvalue weighted by atomic mass is 19.1. The van der Waals surface area contributed by atoms with Crippen LogP contribution < -0.4 is 10.6 Å². The Morgan fingerprint density at radius 2 is 1.80 bits per heavy atom. The molecule has 106 valence electrons. The lowest BCUT2D eigenvalue weighted by molar-refractivity contribution is 0.572. The first-order chi connectivity index (χ1) is 9.52. The van der Waals surface area contributed by atoms with Crippen LogP contribution in [0.15, 0.2) is 42.5 Å². The SMILES string of the molecule is Cc1cccc(N(C)C(CN)c2cc(C)ccc2F)c1. The van der Waals surface area contributed by atoms with Gasteiger partial charge in [0.25, 0.3) is 0 Å². The summed E-state index contributed by atoms with van der Waals surface area (Å²) in [5.41, 5.74) is 9.80. The molecule has 0 radical (unpaired) electrons. The van der Waals surface area contributed by atoms with Crippen LogP contribution in [-0.4, -0.2) is 13.6 Å². The molecule has 2 aromatic rings. The highest BCUT2D eigenvalue weighted by Gasteiger charge is 2.19. The molecular formula is C17H21FN2. The molecule has 0 aliphatic rings. The standard InChI is InChI=1S/C17H21FN2/c1-12-5-4-6-14(9-12)20(3)17(11-19)15-10-13(2)7-8-16(15)18/h4-10,17H,11,19H2,1-3H3. The molecule has 2 nitrogen and oxygen atoms in total. The zero-order valence-corrected chi connectivity index (χ0v) is 12.2. The molecule has 0 bridgehead atoms. The first-order valence-corrected chi connectivity index (χ1v) is 6.78. The number of rotatable bonds is 4. The molecule has 2 N–H and O–H groups in total. The third-order valence-electron chi connectivity index (χ3n) is 3.61. The summed E-state index contributed by atoms with van der Waals surface area (Å²) in [6.45, 7) is 4.37. The predicted octanol–water partition coefficient (Wildman–Crippen LogP) is 3.58. The molecule has 0 aliphatic heterocycles. The first kappa shape index (κ1) is 14.5. The van der Waals surface area contributed by atoms with Crippen molar-refractivity contribution in [3.05, 3.63) is 65.0 Å². The van der Waals surface area contributed by atoms with Gasteiger partial charge in [-0.05, 0) is 37.6 Å². The Balaban J connectivity index is 2.39. The Morgan fingerprint density at radius 1 is 1.10 bits per heavy atom. The minimum atomic E-state index is -0.203. The third-order valence-corrected chi connectivity index (χ3v) is 3.61. The molecule has 2 rings (SSSR count). The molecular weight excluding hydrogens is 251 g/mol. The van der Waals surface area contributed by atoms with Crippen molar-refractivity contribution in [3.63, 3.8) is 0 Å². The Kier molecular flexibility index (Phi) is 4.40. The van der Waals surface area contributed by atoms with Crippen LogP contribution in [0, 0.1) is 19.7 Å². The van der Waals surface area contributed by atoms with Crippen molar-refractivity contribution in [2.75, 3.05) is 18.5 Å². The van der Waals surface area contributed by atoms with Gasteiger partial charge in [0, 0.05) is 24.8 Å². The molecule has 3 heteroatoms. The normalized spacial score (nSPS) is 12.2. The second kappa shape index (κ2) is 6.06. The fourth-order valence-corrected chi connectivity index (χ4v) is 2.44. The van der Waals surface area contributed by atoms with Crippen LogP contribution in [0.3, 0.4) is 0 Å². The number of hydrogen-bond donors (Lipinski definition) is 1. The van der Waals surface area contributed by atoms with E-state index in [4.69, 9.17) is 5.73 Å². The van der Waals surface area contributed by atoms with E-state index in [-0.39, 0.29) is 11.9 Å². The van der Waals surface area contributed by atoms with Gasteiger partial charge in [-0.1, -0.05) is 29.8 Å². The Labute approximate surface area is 120 Å². The third kappa shape index (κ3) is 2.99. The average Bonchev–Trinajstić information content (AvgIpc) is 2.43. The van der Waals surface area contributed by atoms with E-state index in [1.54, 1.807) is 6.07 Å². The lowest BCUT2D eigenvalue weighted by atomic mass is 10.0. The molecule has 0 heterocycles. The topological polar surface area (TPSA) is 29.3 Å². The van der Waals surface area contributed by atoms with Crippen molar-refractivity contribution in [1.82, 2.24) is 0 Å². The van der Waals surface area contributed by atoms with Crippen LogP contribution in [0.5, 0.6) is 0 Å². The van der Waals surface area contributed by atoms with Crippen molar-refractivity contribution in [3.8, 4) is 0 Å². The number of halogens is 1. The zero-order chi connectivity index (χ0) is 14.7. The van der Waals surface area contributed by atoms with E-state index in [1.807, 2.05) is 50.1 Å². The zero-order valence-electron chi connectivity index (χ0n) is 12.2. The Hall–Kier alpha value is -1.87. The molecule has 2 aromatic carbocycles. The van der Waals surface area contributed by atoms with Gasteiger partial charge in [0.1, 0.15) is 5.82 Å². The fraction of sp³-hybridized carbons (Fsp3) is 0.294. The van der Waals surface area contributed by atoms with Gasteiger partial charge in [0.05, 0.1) is 6.04 Å². The summed E-state index contributed by atoms with van der Waals surface area (Å²) in [5, 5.41) is 0. The van der Waals surface area contributed by atoms with E-state index in [1.165, 1.54) is 11.6 Å². The summed E-state index contributed by atoms with van der Waals surface area (Å²) in [6.07, 6.45) is 0. The van der Waals surface area contributed by atoms with Crippen LogP contribution in [0.2, 0.25) is 0 Å². The molecule has 1 atom stereocenters. The van der Waals surface area contributed by atoms with Crippen LogP contribution in [-0.2, 0) is 0 Å². The number of nitrogens with zero attached hydrogens (tertiary/aromatic N) is 1. The van der Waals surface area contributed by atoms with Crippen LogP contribution in [0.4, 0.5) is 10.1 Å². The first-order valence-electron chi connectivity index (χ1n) is 6.78. The highest BCUT2D eigenvalue weighted by Crippen LogP contribution is 2.27. The maximum atomic E-state index is 14.1. The number of likely N-dealkylation sites (N-methyl/N-ethyl adjacent to an activating group) is 1. The Morgan fingerprint density at radius 3 is 2.45 bits per heavy atom. The largest absolute Gasteiger partial charge is 0.366 e. The number of hydrogen-bond acceptors (Lipinski definition) is 2. The average molecular weight is 272 g/mol. The van der Waals surface area contributed by atoms with Crippen molar-refractivity contribution < 1.29 is 4.39 Å². The van der Waals surface area contributed by atoms with Crippen molar-refractivity contribution >= 4 is 5.69 Å². The van der Waals surface area contributed by atoms with Gasteiger partial charge >= 0.3 is 0 Å².